The molecule has 1 rings (SSSR count). The van der Waals surface area contributed by atoms with Gasteiger partial charge in [0, 0.05) is 22.5 Å². The van der Waals surface area contributed by atoms with Gasteiger partial charge in [-0.1, -0.05) is 13.8 Å². The van der Waals surface area contributed by atoms with Gasteiger partial charge in [0.25, 0.3) is 5.69 Å². The van der Waals surface area contributed by atoms with Crippen LogP contribution in [0.5, 0.6) is 0 Å². The summed E-state index contributed by atoms with van der Waals surface area (Å²) in [4.78, 5) is 14.4. The van der Waals surface area contributed by atoms with Gasteiger partial charge >= 0.3 is 0 Å². The quantitative estimate of drug-likeness (QED) is 0.671. The number of pyridine rings is 1. The van der Waals surface area contributed by atoms with Crippen molar-refractivity contribution in [1.29, 1.82) is 0 Å². The van der Waals surface area contributed by atoms with Gasteiger partial charge in [-0.3, -0.25) is 15.1 Å². The highest BCUT2D eigenvalue weighted by Crippen LogP contribution is 2.28. The zero-order valence-corrected chi connectivity index (χ0v) is 11.7. The molecule has 17 heavy (non-hydrogen) atoms. The molecule has 0 fully saturated rings. The molecule has 5 nitrogen and oxygen atoms in total. The van der Waals surface area contributed by atoms with Crippen LogP contribution in [-0.4, -0.2) is 23.0 Å². The first kappa shape index (κ1) is 14.1. The standard InChI is InChI=1S/C11H16BrN3O2/c1-4-10(13-3)7(2)11-9(12)5-8(6-14-11)15(16)17/h5-7,10,13H,4H2,1-3H3. The molecule has 0 spiro atoms. The van der Waals surface area contributed by atoms with Crippen LogP contribution >= 0.6 is 15.9 Å². The fourth-order valence-corrected chi connectivity index (χ4v) is 2.57. The first-order valence-corrected chi connectivity index (χ1v) is 6.27. The number of hydrogen-bond donors (Lipinski definition) is 1. The molecule has 94 valence electrons. The van der Waals surface area contributed by atoms with Gasteiger partial charge in [-0.05, 0) is 29.4 Å². The molecule has 0 aliphatic rings. The second-order valence-corrected chi connectivity index (χ2v) is 4.76. The van der Waals surface area contributed by atoms with Crippen LogP contribution in [0.1, 0.15) is 31.9 Å². The van der Waals surface area contributed by atoms with Crippen LogP contribution in [0, 0.1) is 10.1 Å². The number of nitro groups is 1. The molecule has 6 heteroatoms. The SMILES string of the molecule is CCC(NC)C(C)c1ncc([N+](=O)[O-])cc1Br. The van der Waals surface area contributed by atoms with Gasteiger partial charge in [-0.25, -0.2) is 0 Å². The monoisotopic (exact) mass is 301 g/mol. The van der Waals surface area contributed by atoms with E-state index in [1.165, 1.54) is 12.3 Å². The van der Waals surface area contributed by atoms with Gasteiger partial charge < -0.3 is 5.32 Å². The molecule has 1 aromatic rings. The first-order valence-electron chi connectivity index (χ1n) is 5.48. The largest absolute Gasteiger partial charge is 0.316 e. The fraction of sp³-hybridized carbons (Fsp3) is 0.545. The van der Waals surface area contributed by atoms with Gasteiger partial charge in [0.1, 0.15) is 6.20 Å². The Hall–Kier alpha value is -1.01. The number of nitrogens with one attached hydrogen (secondary N) is 1. The van der Waals surface area contributed by atoms with E-state index >= 15 is 0 Å². The summed E-state index contributed by atoms with van der Waals surface area (Å²) in [6.07, 6.45) is 2.28. The van der Waals surface area contributed by atoms with E-state index in [2.05, 4.69) is 40.1 Å². The molecule has 0 saturated heterocycles. The molecular formula is C11H16BrN3O2. The molecule has 1 heterocycles. The summed E-state index contributed by atoms with van der Waals surface area (Å²) in [6, 6.07) is 1.81. The van der Waals surface area contributed by atoms with E-state index in [-0.39, 0.29) is 11.6 Å². The number of halogens is 1. The lowest BCUT2D eigenvalue weighted by Gasteiger charge is -2.22. The van der Waals surface area contributed by atoms with Crippen LogP contribution in [0.15, 0.2) is 16.7 Å². The third kappa shape index (κ3) is 3.23. The van der Waals surface area contributed by atoms with Crippen molar-refractivity contribution in [2.75, 3.05) is 7.05 Å². The van der Waals surface area contributed by atoms with Crippen molar-refractivity contribution in [3.8, 4) is 0 Å². The highest BCUT2D eigenvalue weighted by atomic mass is 79.9. The second-order valence-electron chi connectivity index (χ2n) is 3.91. The zero-order chi connectivity index (χ0) is 13.0. The third-order valence-corrected chi connectivity index (χ3v) is 3.55. The maximum Gasteiger partial charge on any atom is 0.288 e. The van der Waals surface area contributed by atoms with Crippen molar-refractivity contribution in [3.05, 3.63) is 32.5 Å². The molecular weight excluding hydrogens is 286 g/mol. The normalized spacial score (nSPS) is 14.4. The minimum absolute atomic E-state index is 0.00494. The maximum absolute atomic E-state index is 10.6. The summed E-state index contributed by atoms with van der Waals surface area (Å²) in [5.74, 6) is 0.195. The fourth-order valence-electron chi connectivity index (χ4n) is 1.87. The Balaban J connectivity index is 3.03. The van der Waals surface area contributed by atoms with E-state index in [0.29, 0.717) is 10.5 Å². The third-order valence-electron chi connectivity index (χ3n) is 2.91. The number of rotatable bonds is 5. The Labute approximate surface area is 109 Å². The molecule has 2 unspecified atom stereocenters. The summed E-state index contributed by atoms with van der Waals surface area (Å²) in [7, 11) is 1.91. The smallest absolute Gasteiger partial charge is 0.288 e. The first-order chi connectivity index (χ1) is 8.01. The Bertz CT molecular complexity index is 408. The van der Waals surface area contributed by atoms with Crippen LogP contribution in [0.2, 0.25) is 0 Å². The Morgan fingerprint density at radius 1 is 1.65 bits per heavy atom. The highest BCUT2D eigenvalue weighted by Gasteiger charge is 2.21. The molecule has 0 aliphatic carbocycles. The molecule has 0 radical (unpaired) electrons. The number of hydrogen-bond acceptors (Lipinski definition) is 4. The van der Waals surface area contributed by atoms with Crippen LogP contribution in [0.4, 0.5) is 5.69 Å². The molecule has 0 aliphatic heterocycles. The van der Waals surface area contributed by atoms with E-state index in [4.69, 9.17) is 0 Å². The van der Waals surface area contributed by atoms with E-state index < -0.39 is 4.92 Å². The maximum atomic E-state index is 10.6. The number of nitrogens with zero attached hydrogens (tertiary/aromatic N) is 2. The van der Waals surface area contributed by atoms with Crippen molar-refractivity contribution < 1.29 is 4.92 Å². The predicted molar refractivity (Wildman–Crippen MR) is 70.1 cm³/mol. The molecule has 0 saturated carbocycles. The molecule has 2 atom stereocenters. The van der Waals surface area contributed by atoms with Crippen molar-refractivity contribution in [2.24, 2.45) is 0 Å². The average Bonchev–Trinajstić information content (AvgIpc) is 2.30. The van der Waals surface area contributed by atoms with Crippen molar-refractivity contribution in [1.82, 2.24) is 10.3 Å². The molecule has 0 aromatic carbocycles. The summed E-state index contributed by atoms with van der Waals surface area (Å²) >= 11 is 3.35. The Morgan fingerprint density at radius 2 is 2.29 bits per heavy atom. The molecule has 0 bridgehead atoms. The highest BCUT2D eigenvalue weighted by molar-refractivity contribution is 9.10. The van der Waals surface area contributed by atoms with Crippen LogP contribution < -0.4 is 5.32 Å². The topological polar surface area (TPSA) is 68.1 Å². The van der Waals surface area contributed by atoms with Gasteiger partial charge in [0.2, 0.25) is 0 Å². The van der Waals surface area contributed by atoms with Gasteiger partial charge in [-0.2, -0.15) is 0 Å². The van der Waals surface area contributed by atoms with Crippen molar-refractivity contribution in [2.45, 2.75) is 32.2 Å². The van der Waals surface area contributed by atoms with E-state index in [9.17, 15) is 10.1 Å². The summed E-state index contributed by atoms with van der Waals surface area (Å²) in [5, 5.41) is 13.8. The molecule has 0 amide bonds. The van der Waals surface area contributed by atoms with E-state index in [1.54, 1.807) is 0 Å². The Morgan fingerprint density at radius 3 is 2.71 bits per heavy atom. The van der Waals surface area contributed by atoms with Gasteiger partial charge in [0.05, 0.1) is 10.6 Å². The van der Waals surface area contributed by atoms with Crippen molar-refractivity contribution in [3.63, 3.8) is 0 Å². The minimum Gasteiger partial charge on any atom is -0.316 e. The zero-order valence-electron chi connectivity index (χ0n) is 10.1. The van der Waals surface area contributed by atoms with E-state index in [1.807, 2.05) is 7.05 Å². The lowest BCUT2D eigenvalue weighted by atomic mass is 9.96. The van der Waals surface area contributed by atoms with Crippen LogP contribution in [0.25, 0.3) is 0 Å². The lowest BCUT2D eigenvalue weighted by molar-refractivity contribution is -0.385. The van der Waals surface area contributed by atoms with Crippen molar-refractivity contribution >= 4 is 21.6 Å². The van der Waals surface area contributed by atoms with Crippen LogP contribution in [-0.2, 0) is 0 Å². The lowest BCUT2D eigenvalue weighted by Crippen LogP contribution is -2.30. The second kappa shape index (κ2) is 6.07. The predicted octanol–water partition coefficient (Wildman–Crippen LogP) is 2.85. The van der Waals surface area contributed by atoms with Gasteiger partial charge in [-0.15, -0.1) is 0 Å². The molecule has 1 N–H and O–H groups in total. The summed E-state index contributed by atoms with van der Waals surface area (Å²) in [5.41, 5.74) is 0.849. The van der Waals surface area contributed by atoms with E-state index in [0.717, 1.165) is 12.1 Å². The average molecular weight is 302 g/mol. The number of likely N-dealkylation sites (N-methyl/N-ethyl adjacent to an activating group) is 1. The Kier molecular flexibility index (Phi) is 5.02. The number of aromatic nitrogens is 1. The molecule has 1 aromatic heterocycles. The van der Waals surface area contributed by atoms with Gasteiger partial charge in [0.15, 0.2) is 0 Å². The summed E-state index contributed by atoms with van der Waals surface area (Å²) < 4.78 is 0.688. The minimum atomic E-state index is -0.443. The van der Waals surface area contributed by atoms with Crippen LogP contribution in [0.3, 0.4) is 0 Å². The summed E-state index contributed by atoms with van der Waals surface area (Å²) in [6.45, 7) is 4.15.